The third-order valence-electron chi connectivity index (χ3n) is 0. The fraction of sp³-hybridized carbons (Fsp3) is 0. The van der Waals surface area contributed by atoms with Gasteiger partial charge in [-0.1, -0.05) is 18.8 Å². The maximum atomic E-state index is 2.58. The zero-order valence-corrected chi connectivity index (χ0v) is 3.96. The number of rotatable bonds is 0. The first-order valence-corrected chi connectivity index (χ1v) is 1.73. The summed E-state index contributed by atoms with van der Waals surface area (Å²) in [4.78, 5) is 2.58. The molecule has 1 nitrogen and oxygen atoms in total. The predicted octanol–water partition coefficient (Wildman–Crippen LogP) is -0.760. The highest BCUT2D eigenvalue weighted by molar-refractivity contribution is 7.31. The molecule has 0 heterocycles. The van der Waals surface area contributed by atoms with Crippen LogP contribution in [0, 0.1) is 0 Å². The van der Waals surface area contributed by atoms with Crippen LogP contribution in [-0.2, 0) is 0 Å². The number of hydrogen-bond donors (Lipinski definition) is 1. The minimum Gasteiger partial charge on any atom is -0.285 e. The van der Waals surface area contributed by atoms with Gasteiger partial charge in [-0.3, -0.25) is 4.86 Å². The van der Waals surface area contributed by atoms with Crippen molar-refractivity contribution in [1.29, 1.82) is 0 Å². The molecule has 2 unspecified atom stereocenters. The molecular formula is H7MgNP2. The van der Waals surface area contributed by atoms with Gasteiger partial charge in [0.2, 0.25) is 0 Å². The maximum Gasteiger partial charge on any atom is 0.316 e. The van der Waals surface area contributed by atoms with Crippen LogP contribution in [0.15, 0.2) is 0 Å². The standard InChI is InChI=1S/Mg.H5NP2.2H/c;2-1-3;;/h;1H,2-3H2;;. The Morgan fingerprint density at radius 3 is 1.25 bits per heavy atom. The van der Waals surface area contributed by atoms with Crippen LogP contribution < -0.4 is 4.86 Å². The summed E-state index contributed by atoms with van der Waals surface area (Å²) >= 11 is 0. The number of nitrogens with one attached hydrogen (secondary N) is 1. The van der Waals surface area contributed by atoms with E-state index >= 15 is 0 Å². The zero-order valence-electron chi connectivity index (χ0n) is 1.65. The summed E-state index contributed by atoms with van der Waals surface area (Å²) in [6, 6.07) is 0. The van der Waals surface area contributed by atoms with Crippen LogP contribution in [0.25, 0.3) is 0 Å². The first kappa shape index (κ1) is 9.14. The summed E-state index contributed by atoms with van der Waals surface area (Å²) in [5, 5.41) is 0. The SMILES string of the molecule is PNP.[MgH2]. The Kier molecular flexibility index (Phi) is 20.1. The van der Waals surface area contributed by atoms with Crippen molar-refractivity contribution in [2.24, 2.45) is 0 Å². The van der Waals surface area contributed by atoms with E-state index in [-0.39, 0.29) is 23.1 Å². The Morgan fingerprint density at radius 2 is 1.25 bits per heavy atom. The molecule has 2 atom stereocenters. The molecular weight excluding hydrogens is 100 g/mol. The van der Waals surface area contributed by atoms with E-state index < -0.39 is 0 Å². The predicted molar refractivity (Wildman–Crippen MR) is 31.1 cm³/mol. The van der Waals surface area contributed by atoms with Crippen molar-refractivity contribution in [3.05, 3.63) is 0 Å². The van der Waals surface area contributed by atoms with Gasteiger partial charge < -0.3 is 0 Å². The van der Waals surface area contributed by atoms with E-state index in [1.807, 2.05) is 0 Å². The number of hydrogen-bond acceptors (Lipinski definition) is 1. The van der Waals surface area contributed by atoms with Crippen molar-refractivity contribution in [3.63, 3.8) is 0 Å². The summed E-state index contributed by atoms with van der Waals surface area (Å²) in [6.45, 7) is 0. The van der Waals surface area contributed by atoms with Gasteiger partial charge in [0.15, 0.2) is 0 Å². The van der Waals surface area contributed by atoms with Crippen LogP contribution in [-0.4, -0.2) is 23.1 Å². The summed E-state index contributed by atoms with van der Waals surface area (Å²) in [7, 11) is 4.58. The Labute approximate surface area is 47.0 Å². The van der Waals surface area contributed by atoms with Crippen LogP contribution in [0.3, 0.4) is 0 Å². The normalized spacial score (nSPS) is 4.50. The summed E-state index contributed by atoms with van der Waals surface area (Å²) < 4.78 is 0. The highest BCUT2D eigenvalue weighted by Crippen LogP contribution is 1.69. The Hall–Kier alpha value is 1.59. The van der Waals surface area contributed by atoms with Crippen molar-refractivity contribution in [1.82, 2.24) is 4.86 Å². The molecule has 0 aliphatic carbocycles. The van der Waals surface area contributed by atoms with Crippen molar-refractivity contribution < 1.29 is 0 Å². The van der Waals surface area contributed by atoms with E-state index in [0.717, 1.165) is 0 Å². The molecule has 0 spiro atoms. The molecule has 0 saturated carbocycles. The van der Waals surface area contributed by atoms with Crippen LogP contribution in [0.2, 0.25) is 0 Å². The highest BCUT2D eigenvalue weighted by Gasteiger charge is 1.24. The Balaban J connectivity index is 0. The molecule has 0 amide bonds. The maximum absolute atomic E-state index is 2.58. The molecule has 0 aliphatic heterocycles. The van der Waals surface area contributed by atoms with Gasteiger partial charge in [-0.15, -0.1) is 0 Å². The summed E-state index contributed by atoms with van der Waals surface area (Å²) in [6.07, 6.45) is 0. The van der Waals surface area contributed by atoms with Gasteiger partial charge in [0.05, 0.1) is 0 Å². The molecule has 0 radical (unpaired) electrons. The first-order valence-electron chi connectivity index (χ1n) is 0.577. The lowest BCUT2D eigenvalue weighted by Crippen LogP contribution is -1.54. The second-order valence-corrected chi connectivity index (χ2v) is 1.50. The van der Waals surface area contributed by atoms with Crippen molar-refractivity contribution in [2.45, 2.75) is 0 Å². The van der Waals surface area contributed by atoms with Gasteiger partial charge in [-0.2, -0.15) is 0 Å². The van der Waals surface area contributed by atoms with E-state index in [0.29, 0.717) is 0 Å². The Morgan fingerprint density at radius 1 is 1.25 bits per heavy atom. The average Bonchev–Trinajstić information content (AvgIpc) is 0.918. The minimum absolute atomic E-state index is 0. The topological polar surface area (TPSA) is 12.0 Å². The fourth-order valence-electron chi connectivity index (χ4n) is 0. The quantitative estimate of drug-likeness (QED) is 0.317. The van der Waals surface area contributed by atoms with Gasteiger partial charge >= 0.3 is 23.1 Å². The van der Waals surface area contributed by atoms with Gasteiger partial charge in [0, 0.05) is 0 Å². The van der Waals surface area contributed by atoms with E-state index in [4.69, 9.17) is 0 Å². The molecule has 4 heavy (non-hydrogen) atoms. The zero-order chi connectivity index (χ0) is 2.71. The van der Waals surface area contributed by atoms with E-state index in [9.17, 15) is 0 Å². The monoisotopic (exact) mass is 107 g/mol. The van der Waals surface area contributed by atoms with Crippen LogP contribution >= 0.6 is 18.8 Å². The molecule has 1 N–H and O–H groups in total. The molecule has 4 heteroatoms. The molecule has 0 aromatic carbocycles. The van der Waals surface area contributed by atoms with Gasteiger partial charge in [0.25, 0.3) is 0 Å². The third-order valence-corrected chi connectivity index (χ3v) is 0. The summed E-state index contributed by atoms with van der Waals surface area (Å²) in [5.74, 6) is 0. The van der Waals surface area contributed by atoms with Crippen molar-refractivity contribution in [2.75, 3.05) is 0 Å². The van der Waals surface area contributed by atoms with Crippen LogP contribution in [0.5, 0.6) is 0 Å². The average molecular weight is 107 g/mol. The van der Waals surface area contributed by atoms with Gasteiger partial charge in [-0.25, -0.2) is 0 Å². The molecule has 24 valence electrons. The second-order valence-electron chi connectivity index (χ2n) is 0.167. The highest BCUT2D eigenvalue weighted by atomic mass is 31.1. The van der Waals surface area contributed by atoms with Gasteiger partial charge in [-0.05, 0) is 0 Å². The fourth-order valence-corrected chi connectivity index (χ4v) is 0. The second kappa shape index (κ2) is 8.82. The molecule has 0 fully saturated rings. The molecule has 0 bridgehead atoms. The smallest absolute Gasteiger partial charge is 0.285 e. The van der Waals surface area contributed by atoms with Crippen LogP contribution in [0.1, 0.15) is 0 Å². The Bertz CT molecular complexity index is 6.00. The molecule has 0 aromatic rings. The molecule has 0 rings (SSSR count). The van der Waals surface area contributed by atoms with Crippen molar-refractivity contribution >= 4 is 41.8 Å². The van der Waals surface area contributed by atoms with E-state index in [1.165, 1.54) is 0 Å². The van der Waals surface area contributed by atoms with E-state index in [2.05, 4.69) is 23.6 Å². The molecule has 0 aromatic heterocycles. The van der Waals surface area contributed by atoms with Crippen molar-refractivity contribution in [3.8, 4) is 0 Å². The van der Waals surface area contributed by atoms with E-state index in [1.54, 1.807) is 0 Å². The summed E-state index contributed by atoms with van der Waals surface area (Å²) in [5.41, 5.74) is 0. The third kappa shape index (κ3) is 9.53. The lowest BCUT2D eigenvalue weighted by atomic mass is 13.9. The largest absolute Gasteiger partial charge is 0.316 e. The lowest BCUT2D eigenvalue weighted by Gasteiger charge is -1.59. The molecule has 0 aliphatic rings. The minimum atomic E-state index is 0. The molecule has 0 saturated heterocycles. The van der Waals surface area contributed by atoms with Crippen LogP contribution in [0.4, 0.5) is 0 Å². The lowest BCUT2D eigenvalue weighted by molar-refractivity contribution is 1.78. The first-order chi connectivity index (χ1) is 1.41. The van der Waals surface area contributed by atoms with Gasteiger partial charge in [0.1, 0.15) is 0 Å².